The Labute approximate surface area is 92.7 Å². The molecule has 3 rings (SSSR count). The van der Waals surface area contributed by atoms with E-state index in [0.717, 1.165) is 0 Å². The number of hydrogen-bond donors (Lipinski definition) is 0. The number of aromatic nitrogens is 1. The van der Waals surface area contributed by atoms with E-state index in [1.807, 2.05) is 18.2 Å². The lowest BCUT2D eigenvalue weighted by atomic mass is 10.1. The average molecular weight is 211 g/mol. The number of carbonyl (C=O) groups excluding carboxylic acids is 1. The van der Waals surface area contributed by atoms with Crippen LogP contribution >= 0.6 is 0 Å². The maximum atomic E-state index is 11.9. The molecule has 0 spiro atoms. The number of Topliss-reactive ketones (excluding diaryl/α,β-unsaturated/α-hetero) is 1. The van der Waals surface area contributed by atoms with Crippen molar-refractivity contribution in [3.05, 3.63) is 53.9 Å². The summed E-state index contributed by atoms with van der Waals surface area (Å²) in [4.78, 5) is 16.1. The van der Waals surface area contributed by atoms with Gasteiger partial charge in [0.05, 0.1) is 17.7 Å². The Morgan fingerprint density at radius 3 is 2.81 bits per heavy atom. The monoisotopic (exact) mass is 211 g/mol. The van der Waals surface area contributed by atoms with Crippen molar-refractivity contribution in [2.24, 2.45) is 0 Å². The SMILES string of the molecule is O=C1Cc2ncccc2Oc2ccccc21. The molecule has 0 aliphatic carbocycles. The van der Waals surface area contributed by atoms with Gasteiger partial charge in [-0.15, -0.1) is 0 Å². The summed E-state index contributed by atoms with van der Waals surface area (Å²) in [6, 6.07) is 10.9. The Kier molecular flexibility index (Phi) is 1.96. The molecular formula is C13H9NO2. The van der Waals surface area contributed by atoms with E-state index in [9.17, 15) is 4.79 Å². The Morgan fingerprint density at radius 2 is 1.88 bits per heavy atom. The molecule has 78 valence electrons. The van der Waals surface area contributed by atoms with Crippen LogP contribution < -0.4 is 4.74 Å². The van der Waals surface area contributed by atoms with Crippen molar-refractivity contribution in [1.82, 2.24) is 4.98 Å². The topological polar surface area (TPSA) is 39.2 Å². The fourth-order valence-corrected chi connectivity index (χ4v) is 1.80. The molecule has 0 amide bonds. The third kappa shape index (κ3) is 1.37. The third-order valence-corrected chi connectivity index (χ3v) is 2.58. The fourth-order valence-electron chi connectivity index (χ4n) is 1.80. The van der Waals surface area contributed by atoms with Gasteiger partial charge in [-0.3, -0.25) is 9.78 Å². The maximum absolute atomic E-state index is 11.9. The van der Waals surface area contributed by atoms with E-state index in [2.05, 4.69) is 4.98 Å². The van der Waals surface area contributed by atoms with E-state index in [0.29, 0.717) is 29.2 Å². The number of ether oxygens (including phenoxy) is 1. The van der Waals surface area contributed by atoms with Gasteiger partial charge in [-0.25, -0.2) is 0 Å². The largest absolute Gasteiger partial charge is 0.455 e. The highest BCUT2D eigenvalue weighted by Crippen LogP contribution is 2.31. The van der Waals surface area contributed by atoms with Crippen LogP contribution in [0.4, 0.5) is 0 Å². The minimum atomic E-state index is 0.0491. The van der Waals surface area contributed by atoms with Gasteiger partial charge in [0.1, 0.15) is 11.5 Å². The second-order valence-electron chi connectivity index (χ2n) is 3.65. The third-order valence-electron chi connectivity index (χ3n) is 2.58. The highest BCUT2D eigenvalue weighted by Gasteiger charge is 2.20. The lowest BCUT2D eigenvalue weighted by molar-refractivity contribution is 0.0992. The molecule has 0 radical (unpaired) electrons. The van der Waals surface area contributed by atoms with Crippen LogP contribution in [0, 0.1) is 0 Å². The Balaban J connectivity index is 2.18. The lowest BCUT2D eigenvalue weighted by Crippen LogP contribution is -2.02. The molecule has 0 fully saturated rings. The highest BCUT2D eigenvalue weighted by atomic mass is 16.5. The molecule has 0 saturated carbocycles. The van der Waals surface area contributed by atoms with Gasteiger partial charge in [-0.05, 0) is 24.3 Å². The van der Waals surface area contributed by atoms with E-state index < -0.39 is 0 Å². The number of fused-ring (bicyclic) bond motifs is 2. The van der Waals surface area contributed by atoms with Gasteiger partial charge in [0.15, 0.2) is 5.78 Å². The molecule has 3 heteroatoms. The van der Waals surface area contributed by atoms with Crippen molar-refractivity contribution in [2.75, 3.05) is 0 Å². The summed E-state index contributed by atoms with van der Waals surface area (Å²) in [6.07, 6.45) is 1.97. The van der Waals surface area contributed by atoms with Crippen molar-refractivity contribution in [3.63, 3.8) is 0 Å². The number of para-hydroxylation sites is 1. The average Bonchev–Trinajstić information content (AvgIpc) is 2.45. The summed E-state index contributed by atoms with van der Waals surface area (Å²) in [5, 5.41) is 0. The molecule has 0 bridgehead atoms. The second-order valence-corrected chi connectivity index (χ2v) is 3.65. The van der Waals surface area contributed by atoms with Crippen LogP contribution in [-0.2, 0) is 6.42 Å². The quantitative estimate of drug-likeness (QED) is 0.672. The molecule has 1 aliphatic heterocycles. The van der Waals surface area contributed by atoms with Gasteiger partial charge in [0, 0.05) is 6.20 Å². The lowest BCUT2D eigenvalue weighted by Gasteiger charge is -2.06. The number of nitrogens with zero attached hydrogens (tertiary/aromatic N) is 1. The number of carbonyl (C=O) groups is 1. The molecule has 0 saturated heterocycles. The molecule has 0 N–H and O–H groups in total. The van der Waals surface area contributed by atoms with Crippen LogP contribution in [0.15, 0.2) is 42.6 Å². The summed E-state index contributed by atoms with van der Waals surface area (Å²) in [7, 11) is 0. The van der Waals surface area contributed by atoms with E-state index in [-0.39, 0.29) is 5.78 Å². The maximum Gasteiger partial charge on any atom is 0.172 e. The van der Waals surface area contributed by atoms with Crippen molar-refractivity contribution in [2.45, 2.75) is 6.42 Å². The molecule has 1 aromatic carbocycles. The van der Waals surface area contributed by atoms with Gasteiger partial charge < -0.3 is 4.74 Å². The van der Waals surface area contributed by atoms with E-state index >= 15 is 0 Å². The molecule has 16 heavy (non-hydrogen) atoms. The molecule has 2 heterocycles. The van der Waals surface area contributed by atoms with Crippen LogP contribution in [-0.4, -0.2) is 10.8 Å². The summed E-state index contributed by atoms with van der Waals surface area (Å²) < 4.78 is 5.69. The Morgan fingerprint density at radius 1 is 1.06 bits per heavy atom. The summed E-state index contributed by atoms with van der Waals surface area (Å²) in [6.45, 7) is 0. The summed E-state index contributed by atoms with van der Waals surface area (Å²) in [5.74, 6) is 1.33. The number of rotatable bonds is 0. The molecular weight excluding hydrogens is 202 g/mol. The first-order valence-corrected chi connectivity index (χ1v) is 5.08. The molecule has 0 atom stereocenters. The standard InChI is InChI=1S/C13H9NO2/c15-11-8-10-13(6-3-7-14-10)16-12-5-2-1-4-9(11)12/h1-7H,8H2. The fraction of sp³-hybridized carbons (Fsp3) is 0.0769. The van der Waals surface area contributed by atoms with Crippen molar-refractivity contribution in [3.8, 4) is 11.5 Å². The summed E-state index contributed by atoms with van der Waals surface area (Å²) in [5.41, 5.74) is 1.32. The van der Waals surface area contributed by atoms with Gasteiger partial charge in [0.2, 0.25) is 0 Å². The number of benzene rings is 1. The second kappa shape index (κ2) is 3.45. The van der Waals surface area contributed by atoms with Gasteiger partial charge >= 0.3 is 0 Å². The van der Waals surface area contributed by atoms with Crippen LogP contribution in [0.2, 0.25) is 0 Å². The molecule has 1 aliphatic rings. The van der Waals surface area contributed by atoms with E-state index in [1.165, 1.54) is 0 Å². The van der Waals surface area contributed by atoms with Crippen LogP contribution in [0.1, 0.15) is 16.1 Å². The molecule has 2 aromatic rings. The number of ketones is 1. The normalized spacial score (nSPS) is 13.4. The van der Waals surface area contributed by atoms with E-state index in [1.54, 1.807) is 24.4 Å². The first kappa shape index (κ1) is 9.09. The van der Waals surface area contributed by atoms with Crippen molar-refractivity contribution < 1.29 is 9.53 Å². The zero-order valence-electron chi connectivity index (χ0n) is 8.51. The number of pyridine rings is 1. The molecule has 1 aromatic heterocycles. The highest BCUT2D eigenvalue weighted by molar-refractivity contribution is 6.00. The van der Waals surface area contributed by atoms with Gasteiger partial charge in [-0.2, -0.15) is 0 Å². The van der Waals surface area contributed by atoms with Crippen LogP contribution in [0.3, 0.4) is 0 Å². The molecule has 3 nitrogen and oxygen atoms in total. The molecule has 0 unspecified atom stereocenters. The van der Waals surface area contributed by atoms with E-state index in [4.69, 9.17) is 4.74 Å². The Hall–Kier alpha value is -2.16. The Bertz CT molecular complexity index is 563. The predicted molar refractivity (Wildman–Crippen MR) is 58.8 cm³/mol. The van der Waals surface area contributed by atoms with Gasteiger partial charge in [0.25, 0.3) is 0 Å². The zero-order chi connectivity index (χ0) is 11.0. The minimum absolute atomic E-state index is 0.0491. The first-order chi connectivity index (χ1) is 7.84. The summed E-state index contributed by atoms with van der Waals surface area (Å²) >= 11 is 0. The van der Waals surface area contributed by atoms with Crippen molar-refractivity contribution in [1.29, 1.82) is 0 Å². The minimum Gasteiger partial charge on any atom is -0.455 e. The zero-order valence-corrected chi connectivity index (χ0v) is 8.51. The van der Waals surface area contributed by atoms with Gasteiger partial charge in [-0.1, -0.05) is 12.1 Å². The first-order valence-electron chi connectivity index (χ1n) is 5.08. The predicted octanol–water partition coefficient (Wildman–Crippen LogP) is 2.61. The van der Waals surface area contributed by atoms with Crippen molar-refractivity contribution >= 4 is 5.78 Å². The smallest absolute Gasteiger partial charge is 0.172 e. The van der Waals surface area contributed by atoms with Crippen LogP contribution in [0.25, 0.3) is 0 Å². The van der Waals surface area contributed by atoms with Crippen LogP contribution in [0.5, 0.6) is 11.5 Å². The number of hydrogen-bond acceptors (Lipinski definition) is 3.